The molecule has 1 saturated heterocycles. The minimum atomic E-state index is -3.58. The van der Waals surface area contributed by atoms with E-state index in [0.717, 1.165) is 31.7 Å². The van der Waals surface area contributed by atoms with Crippen LogP contribution in [-0.4, -0.2) is 54.4 Å². The number of anilines is 1. The third-order valence-corrected chi connectivity index (χ3v) is 10.3. The second-order valence-corrected chi connectivity index (χ2v) is 12.8. The molecule has 0 bridgehead atoms. The average Bonchev–Trinajstić information content (AvgIpc) is 3.58. The lowest BCUT2D eigenvalue weighted by atomic mass is 9.92. The molecular weight excluding hydrogens is 516 g/mol. The van der Waals surface area contributed by atoms with Gasteiger partial charge in [0.1, 0.15) is 16.4 Å². The van der Waals surface area contributed by atoms with Gasteiger partial charge in [0, 0.05) is 31.5 Å². The zero-order valence-corrected chi connectivity index (χ0v) is 22.2. The van der Waals surface area contributed by atoms with E-state index in [0.29, 0.717) is 53.8 Å². The number of fused-ring (bicyclic) bond motifs is 1. The van der Waals surface area contributed by atoms with Crippen LogP contribution in [0.2, 0.25) is 0 Å². The summed E-state index contributed by atoms with van der Waals surface area (Å²) in [7, 11) is -2.05. The number of rotatable bonds is 8. The minimum absolute atomic E-state index is 0.0251. The van der Waals surface area contributed by atoms with Crippen LogP contribution >= 0.6 is 11.3 Å². The van der Waals surface area contributed by atoms with E-state index in [2.05, 4.69) is 15.3 Å². The molecule has 37 heavy (non-hydrogen) atoms. The van der Waals surface area contributed by atoms with Gasteiger partial charge in [0.2, 0.25) is 11.8 Å². The number of ether oxygens (including phenoxy) is 2. The Balaban J connectivity index is 1.43. The normalized spacial score (nSPS) is 18.2. The predicted molar refractivity (Wildman–Crippen MR) is 140 cm³/mol. The first kappa shape index (κ1) is 25.8. The Morgan fingerprint density at radius 1 is 1.19 bits per heavy atom. The second kappa shape index (κ2) is 10.9. The maximum absolute atomic E-state index is 13.5. The highest BCUT2D eigenvalue weighted by atomic mass is 32.2. The number of pyridine rings is 2. The first-order chi connectivity index (χ1) is 17.8. The molecular formula is C25H30N4O6S2. The number of amides is 1. The summed E-state index contributed by atoms with van der Waals surface area (Å²) in [6.07, 6.45) is 6.44. The number of hydrogen-bond donors (Lipinski definition) is 1. The van der Waals surface area contributed by atoms with Crippen LogP contribution in [-0.2, 0) is 19.4 Å². The summed E-state index contributed by atoms with van der Waals surface area (Å²) in [5.74, 6) is 0.260. The predicted octanol–water partition coefficient (Wildman–Crippen LogP) is 3.57. The standard InChI is InChI=1S/C25H30N4O6S2/c1-34-21-7-6-19-24(27-21)36-25(26-19)28-23(31)20(14-16-9-12-35-13-10-16)29-11-8-18(15-22(29)30)37(32,33)17-4-2-3-5-17/h6-8,11,15-17,20H,2-5,9-10,12-14H2,1H3,(H,26,28,31)/t20-/m0/s1. The molecule has 3 aromatic heterocycles. The zero-order chi connectivity index (χ0) is 26.0. The number of aromatic nitrogens is 3. The van der Waals surface area contributed by atoms with Crippen molar-refractivity contribution in [3.8, 4) is 5.88 Å². The monoisotopic (exact) mass is 546 g/mol. The van der Waals surface area contributed by atoms with Crippen LogP contribution in [0.15, 0.2) is 40.2 Å². The van der Waals surface area contributed by atoms with Crippen LogP contribution in [0, 0.1) is 5.92 Å². The molecule has 10 nitrogen and oxygen atoms in total. The van der Waals surface area contributed by atoms with E-state index in [1.54, 1.807) is 12.1 Å². The van der Waals surface area contributed by atoms with E-state index in [1.807, 2.05) is 0 Å². The fourth-order valence-corrected chi connectivity index (χ4v) is 7.78. The summed E-state index contributed by atoms with van der Waals surface area (Å²) in [4.78, 5) is 36.2. The van der Waals surface area contributed by atoms with E-state index in [1.165, 1.54) is 35.3 Å². The summed E-state index contributed by atoms with van der Waals surface area (Å²) in [5, 5.41) is 2.77. The second-order valence-electron chi connectivity index (χ2n) is 9.55. The highest BCUT2D eigenvalue weighted by Gasteiger charge is 2.32. The van der Waals surface area contributed by atoms with Crippen LogP contribution in [0.3, 0.4) is 0 Å². The maximum atomic E-state index is 13.5. The van der Waals surface area contributed by atoms with Gasteiger partial charge in [-0.2, -0.15) is 0 Å². The van der Waals surface area contributed by atoms with Gasteiger partial charge in [0.25, 0.3) is 5.56 Å². The van der Waals surface area contributed by atoms with Gasteiger partial charge in [-0.1, -0.05) is 24.2 Å². The summed E-state index contributed by atoms with van der Waals surface area (Å²) in [6.45, 7) is 1.22. The van der Waals surface area contributed by atoms with E-state index in [4.69, 9.17) is 9.47 Å². The average molecular weight is 547 g/mol. The molecule has 2 fully saturated rings. The number of carbonyl (C=O) groups is 1. The SMILES string of the molecule is COc1ccc2nc(NC(=O)[C@H](CC3CCOCC3)n3ccc(S(=O)(=O)C4CCCC4)cc3=O)sc2n1. The number of methoxy groups -OCH3 is 1. The summed E-state index contributed by atoms with van der Waals surface area (Å²) in [6, 6.07) is 5.25. The van der Waals surface area contributed by atoms with Crippen molar-refractivity contribution in [3.05, 3.63) is 40.8 Å². The van der Waals surface area contributed by atoms with Gasteiger partial charge in [0.05, 0.1) is 17.3 Å². The largest absolute Gasteiger partial charge is 0.481 e. The summed E-state index contributed by atoms with van der Waals surface area (Å²) >= 11 is 1.22. The molecule has 1 amide bonds. The lowest BCUT2D eigenvalue weighted by molar-refractivity contribution is -0.120. The van der Waals surface area contributed by atoms with Crippen LogP contribution in [0.25, 0.3) is 10.3 Å². The highest BCUT2D eigenvalue weighted by Crippen LogP contribution is 2.31. The Morgan fingerprint density at radius 2 is 1.95 bits per heavy atom. The molecule has 1 atom stereocenters. The number of nitrogens with zero attached hydrogens (tertiary/aromatic N) is 3. The first-order valence-corrected chi connectivity index (χ1v) is 14.9. The van der Waals surface area contributed by atoms with Gasteiger partial charge in [-0.05, 0) is 50.2 Å². The Kier molecular flexibility index (Phi) is 7.59. The van der Waals surface area contributed by atoms with Crippen LogP contribution in [0.1, 0.15) is 51.0 Å². The van der Waals surface area contributed by atoms with Gasteiger partial charge in [-0.15, -0.1) is 0 Å². The lowest BCUT2D eigenvalue weighted by Gasteiger charge is -2.27. The Bertz CT molecular complexity index is 1440. The Morgan fingerprint density at radius 3 is 2.65 bits per heavy atom. The van der Waals surface area contributed by atoms with Crippen molar-refractivity contribution in [1.29, 1.82) is 0 Å². The first-order valence-electron chi connectivity index (χ1n) is 12.5. The van der Waals surface area contributed by atoms with Crippen molar-refractivity contribution < 1.29 is 22.7 Å². The highest BCUT2D eigenvalue weighted by molar-refractivity contribution is 7.92. The van der Waals surface area contributed by atoms with Gasteiger partial charge in [-0.25, -0.2) is 18.4 Å². The molecule has 198 valence electrons. The minimum Gasteiger partial charge on any atom is -0.481 e. The Hall–Kier alpha value is -2.83. The molecule has 0 spiro atoms. The Labute approximate surface area is 219 Å². The zero-order valence-electron chi connectivity index (χ0n) is 20.6. The molecule has 12 heteroatoms. The van der Waals surface area contributed by atoms with Crippen molar-refractivity contribution in [2.24, 2.45) is 5.92 Å². The molecule has 0 aromatic carbocycles. The fraction of sp³-hybridized carbons (Fsp3) is 0.520. The van der Waals surface area contributed by atoms with E-state index in [-0.39, 0.29) is 16.7 Å². The number of nitrogens with one attached hydrogen (secondary N) is 1. The van der Waals surface area contributed by atoms with Crippen molar-refractivity contribution in [1.82, 2.24) is 14.5 Å². The number of thiazole rings is 1. The summed E-state index contributed by atoms with van der Waals surface area (Å²) in [5.41, 5.74) is 0.114. The van der Waals surface area contributed by atoms with E-state index >= 15 is 0 Å². The van der Waals surface area contributed by atoms with Crippen LogP contribution < -0.4 is 15.6 Å². The maximum Gasteiger partial charge on any atom is 0.252 e. The van der Waals surface area contributed by atoms with Crippen molar-refractivity contribution in [2.45, 2.75) is 61.1 Å². The van der Waals surface area contributed by atoms with E-state index < -0.39 is 26.7 Å². The van der Waals surface area contributed by atoms with Crippen molar-refractivity contribution in [2.75, 3.05) is 25.6 Å². The quantitative estimate of drug-likeness (QED) is 0.454. The molecule has 4 heterocycles. The van der Waals surface area contributed by atoms with Crippen LogP contribution in [0.4, 0.5) is 5.13 Å². The number of carbonyl (C=O) groups excluding carboxylic acids is 1. The smallest absolute Gasteiger partial charge is 0.252 e. The molecule has 1 saturated carbocycles. The third-order valence-electron chi connectivity index (χ3n) is 7.19. The topological polar surface area (TPSA) is 129 Å². The lowest BCUT2D eigenvalue weighted by Crippen LogP contribution is -2.35. The van der Waals surface area contributed by atoms with Crippen molar-refractivity contribution >= 4 is 42.6 Å². The molecule has 1 N–H and O–H groups in total. The molecule has 2 aliphatic rings. The van der Waals surface area contributed by atoms with Crippen molar-refractivity contribution in [3.63, 3.8) is 0 Å². The number of hydrogen-bond acceptors (Lipinski definition) is 9. The molecule has 5 rings (SSSR count). The molecule has 1 aliphatic carbocycles. The van der Waals surface area contributed by atoms with Gasteiger partial charge >= 0.3 is 0 Å². The molecule has 0 radical (unpaired) electrons. The van der Waals surface area contributed by atoms with E-state index in [9.17, 15) is 18.0 Å². The van der Waals surface area contributed by atoms with Gasteiger partial charge in [0.15, 0.2) is 15.0 Å². The summed E-state index contributed by atoms with van der Waals surface area (Å²) < 4.78 is 38.0. The van der Waals surface area contributed by atoms with Gasteiger partial charge < -0.3 is 19.4 Å². The number of sulfone groups is 1. The van der Waals surface area contributed by atoms with Gasteiger partial charge in [-0.3, -0.25) is 9.59 Å². The van der Waals surface area contributed by atoms with Crippen LogP contribution in [0.5, 0.6) is 5.88 Å². The fourth-order valence-electron chi connectivity index (χ4n) is 5.10. The third kappa shape index (κ3) is 5.55. The molecule has 0 unspecified atom stereocenters. The molecule has 3 aromatic rings. The molecule has 1 aliphatic heterocycles.